The van der Waals surface area contributed by atoms with Crippen molar-refractivity contribution in [2.75, 3.05) is 26.7 Å². The summed E-state index contributed by atoms with van der Waals surface area (Å²) in [6.45, 7) is 4.39. The minimum atomic E-state index is -0.808. The quantitative estimate of drug-likeness (QED) is 0.922. The fraction of sp³-hybridized carbons (Fsp3) is 0.389. The Hall–Kier alpha value is -2.31. The van der Waals surface area contributed by atoms with Gasteiger partial charge in [-0.25, -0.2) is 9.97 Å². The van der Waals surface area contributed by atoms with Gasteiger partial charge in [-0.15, -0.1) is 0 Å². The van der Waals surface area contributed by atoms with Crippen LogP contribution < -0.4 is 5.32 Å². The van der Waals surface area contributed by atoms with Crippen molar-refractivity contribution in [2.45, 2.75) is 19.1 Å². The lowest BCUT2D eigenvalue weighted by molar-refractivity contribution is -0.156. The molecular formula is C18H22N4O2. The minimum Gasteiger partial charge on any atom is -0.363 e. The molecule has 1 fully saturated rings. The number of aromatic nitrogens is 2. The molecule has 1 N–H and O–H groups in total. The molecule has 0 spiro atoms. The first-order chi connectivity index (χ1) is 11.6. The van der Waals surface area contributed by atoms with E-state index in [1.54, 1.807) is 7.05 Å². The zero-order valence-electron chi connectivity index (χ0n) is 14.0. The van der Waals surface area contributed by atoms with Crippen molar-refractivity contribution in [3.8, 4) is 11.4 Å². The number of likely N-dealkylation sites (N-methyl/N-ethyl adjacent to an activating group) is 1. The van der Waals surface area contributed by atoms with Gasteiger partial charge in [0.15, 0.2) is 11.4 Å². The number of benzene rings is 1. The molecule has 1 aromatic heterocycles. The van der Waals surface area contributed by atoms with E-state index < -0.39 is 5.60 Å². The van der Waals surface area contributed by atoms with E-state index in [-0.39, 0.29) is 5.91 Å². The third-order valence-corrected chi connectivity index (χ3v) is 4.20. The third kappa shape index (κ3) is 3.60. The lowest BCUT2D eigenvalue weighted by Gasteiger charge is -2.38. The fourth-order valence-corrected chi connectivity index (χ4v) is 2.92. The second-order valence-electron chi connectivity index (χ2n) is 6.15. The van der Waals surface area contributed by atoms with E-state index >= 15 is 0 Å². The summed E-state index contributed by atoms with van der Waals surface area (Å²) >= 11 is 0. The fourth-order valence-electron chi connectivity index (χ4n) is 2.92. The second-order valence-corrected chi connectivity index (χ2v) is 6.15. The van der Waals surface area contributed by atoms with Crippen molar-refractivity contribution in [3.63, 3.8) is 0 Å². The summed E-state index contributed by atoms with van der Waals surface area (Å²) in [6.07, 6.45) is 3.70. The smallest absolute Gasteiger partial charge is 0.253 e. The van der Waals surface area contributed by atoms with Gasteiger partial charge in [0.2, 0.25) is 0 Å². The number of rotatable bonds is 4. The van der Waals surface area contributed by atoms with Gasteiger partial charge in [-0.05, 0) is 6.92 Å². The van der Waals surface area contributed by atoms with Crippen LogP contribution in [0.3, 0.4) is 0 Å². The normalized spacial score (nSPS) is 21.4. The van der Waals surface area contributed by atoms with Crippen LogP contribution in [0.25, 0.3) is 11.4 Å². The van der Waals surface area contributed by atoms with Crippen molar-refractivity contribution >= 4 is 5.91 Å². The standard InChI is InChI=1S/C18H22N4O2/c1-18(17(23)19-2)13-22(8-9-24-18)12-14-10-20-16(21-11-14)15-6-4-3-5-7-15/h3-7,10-11H,8-9,12-13H2,1-2H3,(H,19,23)/t18-/m0/s1. The van der Waals surface area contributed by atoms with Gasteiger partial charge in [0, 0.05) is 50.2 Å². The van der Waals surface area contributed by atoms with Gasteiger partial charge < -0.3 is 10.1 Å². The lowest BCUT2D eigenvalue weighted by atomic mass is 10.0. The molecule has 6 nitrogen and oxygen atoms in total. The van der Waals surface area contributed by atoms with Crippen molar-refractivity contribution in [2.24, 2.45) is 0 Å². The number of carbonyl (C=O) groups is 1. The Labute approximate surface area is 141 Å². The minimum absolute atomic E-state index is 0.0946. The predicted molar refractivity (Wildman–Crippen MR) is 91.2 cm³/mol. The highest BCUT2D eigenvalue weighted by atomic mass is 16.5. The molecule has 6 heteroatoms. The molecular weight excluding hydrogens is 304 g/mol. The van der Waals surface area contributed by atoms with E-state index in [2.05, 4.69) is 20.2 Å². The van der Waals surface area contributed by atoms with Gasteiger partial charge in [0.25, 0.3) is 5.91 Å². The summed E-state index contributed by atoms with van der Waals surface area (Å²) in [4.78, 5) is 23.1. The first-order valence-corrected chi connectivity index (χ1v) is 8.05. The van der Waals surface area contributed by atoms with E-state index in [1.807, 2.05) is 49.6 Å². The molecule has 2 heterocycles. The third-order valence-electron chi connectivity index (χ3n) is 4.20. The highest BCUT2D eigenvalue weighted by molar-refractivity contribution is 5.84. The van der Waals surface area contributed by atoms with E-state index in [0.29, 0.717) is 19.7 Å². The number of amides is 1. The van der Waals surface area contributed by atoms with E-state index in [4.69, 9.17) is 4.74 Å². The van der Waals surface area contributed by atoms with Gasteiger partial charge in [-0.1, -0.05) is 30.3 Å². The second kappa shape index (κ2) is 7.07. The molecule has 1 aliphatic rings. The summed E-state index contributed by atoms with van der Waals surface area (Å²) in [6, 6.07) is 9.90. The molecule has 126 valence electrons. The summed E-state index contributed by atoms with van der Waals surface area (Å²) in [5.74, 6) is 0.624. The van der Waals surface area contributed by atoms with Gasteiger partial charge in [0.1, 0.15) is 0 Å². The maximum Gasteiger partial charge on any atom is 0.253 e. The Morgan fingerprint density at radius 1 is 1.29 bits per heavy atom. The molecule has 1 atom stereocenters. The highest BCUT2D eigenvalue weighted by Crippen LogP contribution is 2.20. The molecule has 3 rings (SSSR count). The zero-order chi connectivity index (χ0) is 17.0. The maximum absolute atomic E-state index is 12.0. The SMILES string of the molecule is CNC(=O)[C@]1(C)CN(Cc2cnc(-c3ccccc3)nc2)CCO1. The van der Waals surface area contributed by atoms with Crippen LogP contribution in [0.15, 0.2) is 42.7 Å². The Morgan fingerprint density at radius 2 is 2.00 bits per heavy atom. The number of nitrogens with one attached hydrogen (secondary N) is 1. The number of hydrogen-bond donors (Lipinski definition) is 1. The molecule has 0 saturated carbocycles. The van der Waals surface area contributed by atoms with Crippen LogP contribution in [0.1, 0.15) is 12.5 Å². The molecule has 1 aliphatic heterocycles. The van der Waals surface area contributed by atoms with E-state index in [1.165, 1.54) is 0 Å². The van der Waals surface area contributed by atoms with Crippen LogP contribution in [0, 0.1) is 0 Å². The number of nitrogens with zero attached hydrogens (tertiary/aromatic N) is 3. The Kier molecular flexibility index (Phi) is 4.87. The van der Waals surface area contributed by atoms with Crippen LogP contribution in [0.5, 0.6) is 0 Å². The Bertz CT molecular complexity index is 690. The summed E-state index contributed by atoms with van der Waals surface area (Å²) < 4.78 is 5.68. The monoisotopic (exact) mass is 326 g/mol. The molecule has 24 heavy (non-hydrogen) atoms. The van der Waals surface area contributed by atoms with E-state index in [9.17, 15) is 4.79 Å². The van der Waals surface area contributed by atoms with Crippen molar-refractivity contribution in [1.82, 2.24) is 20.2 Å². The topological polar surface area (TPSA) is 67.4 Å². The first kappa shape index (κ1) is 16.5. The Morgan fingerprint density at radius 3 is 2.67 bits per heavy atom. The van der Waals surface area contributed by atoms with E-state index in [0.717, 1.165) is 23.5 Å². The first-order valence-electron chi connectivity index (χ1n) is 8.05. The molecule has 1 saturated heterocycles. The van der Waals surface area contributed by atoms with Crippen LogP contribution >= 0.6 is 0 Å². The summed E-state index contributed by atoms with van der Waals surface area (Å²) in [5.41, 5.74) is 1.22. The molecule has 0 bridgehead atoms. The summed E-state index contributed by atoms with van der Waals surface area (Å²) in [7, 11) is 1.63. The molecule has 2 aromatic rings. The largest absolute Gasteiger partial charge is 0.363 e. The van der Waals surface area contributed by atoms with Gasteiger partial charge in [0.05, 0.1) is 6.61 Å². The lowest BCUT2D eigenvalue weighted by Crippen LogP contribution is -2.57. The van der Waals surface area contributed by atoms with Crippen LogP contribution in [0.4, 0.5) is 0 Å². The average Bonchev–Trinajstić information content (AvgIpc) is 2.62. The maximum atomic E-state index is 12.0. The van der Waals surface area contributed by atoms with Gasteiger partial charge >= 0.3 is 0 Å². The molecule has 0 unspecified atom stereocenters. The molecule has 1 amide bonds. The predicted octanol–water partition coefficient (Wildman–Crippen LogP) is 1.48. The highest BCUT2D eigenvalue weighted by Gasteiger charge is 2.38. The van der Waals surface area contributed by atoms with Crippen molar-refractivity contribution in [3.05, 3.63) is 48.3 Å². The van der Waals surface area contributed by atoms with Crippen LogP contribution in [-0.4, -0.2) is 53.1 Å². The van der Waals surface area contributed by atoms with Crippen LogP contribution in [0.2, 0.25) is 0 Å². The number of ether oxygens (including phenoxy) is 1. The number of hydrogen-bond acceptors (Lipinski definition) is 5. The van der Waals surface area contributed by atoms with Crippen molar-refractivity contribution in [1.29, 1.82) is 0 Å². The molecule has 1 aromatic carbocycles. The van der Waals surface area contributed by atoms with Gasteiger partial charge in [-0.3, -0.25) is 9.69 Å². The summed E-state index contributed by atoms with van der Waals surface area (Å²) in [5, 5.41) is 2.67. The number of carbonyl (C=O) groups excluding carboxylic acids is 1. The molecule has 0 aliphatic carbocycles. The molecule has 0 radical (unpaired) electrons. The van der Waals surface area contributed by atoms with Crippen molar-refractivity contribution < 1.29 is 9.53 Å². The Balaban J connectivity index is 1.67. The van der Waals surface area contributed by atoms with Crippen LogP contribution in [-0.2, 0) is 16.1 Å². The van der Waals surface area contributed by atoms with Gasteiger partial charge in [-0.2, -0.15) is 0 Å². The zero-order valence-corrected chi connectivity index (χ0v) is 14.0. The average molecular weight is 326 g/mol. The number of morpholine rings is 1.